The number of aryl methyl sites for hydroxylation is 1. The molecule has 1 amide bonds. The molecule has 0 saturated heterocycles. The molecule has 0 aliphatic carbocycles. The minimum Gasteiger partial charge on any atom is -0.325 e. The standard InChI is InChI=1S/C20H18F3N5O/c1-13-6-7-16(11-17(13)27-19-25-8-9-28(19)12-24-2)26-18(29)14-4-3-5-15(10-14)20(21,22)23/h3-12H,1-2H3,(H,25,27)(H,26,29). The predicted octanol–water partition coefficient (Wildman–Crippen LogP) is 4.71. The van der Waals surface area contributed by atoms with Gasteiger partial charge in [-0.3, -0.25) is 14.4 Å². The molecule has 150 valence electrons. The van der Waals surface area contributed by atoms with Gasteiger partial charge in [0.2, 0.25) is 5.95 Å². The zero-order valence-corrected chi connectivity index (χ0v) is 15.7. The van der Waals surface area contributed by atoms with Gasteiger partial charge in [-0.1, -0.05) is 12.1 Å². The summed E-state index contributed by atoms with van der Waals surface area (Å²) in [6, 6.07) is 9.42. The Balaban J connectivity index is 1.81. The first kappa shape index (κ1) is 20.1. The number of hydrogen-bond donors (Lipinski definition) is 2. The Bertz CT molecular complexity index is 1060. The largest absolute Gasteiger partial charge is 0.416 e. The van der Waals surface area contributed by atoms with Gasteiger partial charge in [-0.2, -0.15) is 13.2 Å². The molecule has 0 atom stereocenters. The lowest BCUT2D eigenvalue weighted by molar-refractivity contribution is -0.137. The van der Waals surface area contributed by atoms with E-state index in [1.165, 1.54) is 12.1 Å². The summed E-state index contributed by atoms with van der Waals surface area (Å²) in [5.41, 5.74) is 1.06. The van der Waals surface area contributed by atoms with E-state index in [0.717, 1.165) is 17.7 Å². The highest BCUT2D eigenvalue weighted by molar-refractivity contribution is 6.04. The van der Waals surface area contributed by atoms with Gasteiger partial charge < -0.3 is 10.6 Å². The molecule has 0 aliphatic heterocycles. The fraction of sp³-hybridized carbons (Fsp3) is 0.150. The van der Waals surface area contributed by atoms with Crippen molar-refractivity contribution in [3.63, 3.8) is 0 Å². The molecule has 1 aromatic heterocycles. The number of nitrogens with one attached hydrogen (secondary N) is 2. The molecule has 6 nitrogen and oxygen atoms in total. The van der Waals surface area contributed by atoms with Gasteiger partial charge in [0.15, 0.2) is 0 Å². The SMILES string of the molecule is CN=Cn1ccnc1Nc1cc(NC(=O)c2cccc(C(F)(F)F)c2)ccc1C. The maximum Gasteiger partial charge on any atom is 0.416 e. The van der Waals surface area contributed by atoms with Gasteiger partial charge in [-0.25, -0.2) is 4.98 Å². The predicted molar refractivity (Wildman–Crippen MR) is 106 cm³/mol. The Morgan fingerprint density at radius 3 is 2.72 bits per heavy atom. The lowest BCUT2D eigenvalue weighted by atomic mass is 10.1. The molecule has 2 aromatic carbocycles. The second kappa shape index (κ2) is 8.17. The zero-order chi connectivity index (χ0) is 21.0. The van der Waals surface area contributed by atoms with E-state index in [2.05, 4.69) is 20.6 Å². The normalized spacial score (nSPS) is 11.6. The molecule has 0 spiro atoms. The fourth-order valence-electron chi connectivity index (χ4n) is 2.62. The first-order valence-corrected chi connectivity index (χ1v) is 8.59. The third-order valence-electron chi connectivity index (χ3n) is 4.10. The third-order valence-corrected chi connectivity index (χ3v) is 4.10. The van der Waals surface area contributed by atoms with E-state index < -0.39 is 17.6 Å². The van der Waals surface area contributed by atoms with Gasteiger partial charge in [-0.05, 0) is 42.8 Å². The van der Waals surface area contributed by atoms with Crippen LogP contribution in [0.25, 0.3) is 0 Å². The van der Waals surface area contributed by atoms with E-state index in [1.54, 1.807) is 48.5 Å². The lowest BCUT2D eigenvalue weighted by Gasteiger charge is -2.13. The first-order valence-electron chi connectivity index (χ1n) is 8.59. The lowest BCUT2D eigenvalue weighted by Crippen LogP contribution is -2.14. The number of rotatable bonds is 5. The Kier molecular flexibility index (Phi) is 5.67. The molecule has 0 aliphatic rings. The second-order valence-corrected chi connectivity index (χ2v) is 6.22. The molecule has 2 N–H and O–H groups in total. The van der Waals surface area contributed by atoms with Crippen LogP contribution < -0.4 is 10.6 Å². The average Bonchev–Trinajstić information content (AvgIpc) is 3.11. The topological polar surface area (TPSA) is 71.3 Å². The molecule has 0 radical (unpaired) electrons. The van der Waals surface area contributed by atoms with E-state index in [-0.39, 0.29) is 5.56 Å². The Labute approximate surface area is 165 Å². The summed E-state index contributed by atoms with van der Waals surface area (Å²) in [6.07, 6.45) is 0.410. The Hall–Kier alpha value is -3.62. The molecule has 3 rings (SSSR count). The quantitative estimate of drug-likeness (QED) is 0.480. The number of alkyl halides is 3. The molecule has 0 fully saturated rings. The van der Waals surface area contributed by atoms with Crippen molar-refractivity contribution in [1.29, 1.82) is 0 Å². The minimum atomic E-state index is -4.51. The van der Waals surface area contributed by atoms with Crippen molar-refractivity contribution in [1.82, 2.24) is 9.55 Å². The smallest absolute Gasteiger partial charge is 0.325 e. The third kappa shape index (κ3) is 4.81. The number of anilines is 3. The zero-order valence-electron chi connectivity index (χ0n) is 15.7. The van der Waals surface area contributed by atoms with Crippen LogP contribution in [0.2, 0.25) is 0 Å². The van der Waals surface area contributed by atoms with Crippen LogP contribution in [-0.2, 0) is 6.18 Å². The number of aromatic nitrogens is 2. The fourth-order valence-corrected chi connectivity index (χ4v) is 2.62. The van der Waals surface area contributed by atoms with E-state index in [1.807, 2.05) is 6.92 Å². The number of imidazole rings is 1. The Morgan fingerprint density at radius 1 is 1.21 bits per heavy atom. The highest BCUT2D eigenvalue weighted by Crippen LogP contribution is 2.30. The Morgan fingerprint density at radius 2 is 2.00 bits per heavy atom. The summed E-state index contributed by atoms with van der Waals surface area (Å²) in [4.78, 5) is 20.6. The maximum atomic E-state index is 12.9. The number of benzene rings is 2. The summed E-state index contributed by atoms with van der Waals surface area (Å²) in [5, 5.41) is 5.77. The van der Waals surface area contributed by atoms with Gasteiger partial charge in [-0.15, -0.1) is 0 Å². The molecule has 0 unspecified atom stereocenters. The van der Waals surface area contributed by atoms with Crippen molar-refractivity contribution in [2.45, 2.75) is 13.1 Å². The van der Waals surface area contributed by atoms with Crippen molar-refractivity contribution in [3.05, 3.63) is 71.5 Å². The van der Waals surface area contributed by atoms with Crippen LogP contribution in [0.4, 0.5) is 30.5 Å². The molecule has 9 heteroatoms. The van der Waals surface area contributed by atoms with Crippen molar-refractivity contribution in [3.8, 4) is 0 Å². The minimum absolute atomic E-state index is 0.0791. The second-order valence-electron chi connectivity index (χ2n) is 6.22. The van der Waals surface area contributed by atoms with Crippen LogP contribution in [0.15, 0.2) is 59.9 Å². The molecular formula is C20H18F3N5O. The number of halogens is 3. The number of amides is 1. The van der Waals surface area contributed by atoms with E-state index in [4.69, 9.17) is 0 Å². The maximum absolute atomic E-state index is 12.9. The van der Waals surface area contributed by atoms with Crippen LogP contribution in [0.3, 0.4) is 0 Å². The van der Waals surface area contributed by atoms with Crippen LogP contribution in [0.1, 0.15) is 21.5 Å². The number of hydrogen-bond acceptors (Lipinski definition) is 4. The average molecular weight is 401 g/mol. The van der Waals surface area contributed by atoms with Gasteiger partial charge >= 0.3 is 6.18 Å². The summed E-state index contributed by atoms with van der Waals surface area (Å²) in [7, 11) is 1.64. The summed E-state index contributed by atoms with van der Waals surface area (Å²) < 4.78 is 40.3. The van der Waals surface area contributed by atoms with Gasteiger partial charge in [0.05, 0.1) is 11.9 Å². The van der Waals surface area contributed by atoms with Crippen molar-refractivity contribution in [2.75, 3.05) is 17.7 Å². The van der Waals surface area contributed by atoms with E-state index in [9.17, 15) is 18.0 Å². The molecule has 1 heterocycles. The van der Waals surface area contributed by atoms with E-state index in [0.29, 0.717) is 17.3 Å². The van der Waals surface area contributed by atoms with Gasteiger partial charge in [0, 0.05) is 36.4 Å². The molecule has 0 saturated carbocycles. The van der Waals surface area contributed by atoms with Crippen molar-refractivity contribution >= 4 is 29.6 Å². The van der Waals surface area contributed by atoms with Gasteiger partial charge in [0.1, 0.15) is 0 Å². The summed E-state index contributed by atoms with van der Waals surface area (Å²) >= 11 is 0. The van der Waals surface area contributed by atoms with Crippen molar-refractivity contribution < 1.29 is 18.0 Å². The van der Waals surface area contributed by atoms with Gasteiger partial charge in [0.25, 0.3) is 5.91 Å². The van der Waals surface area contributed by atoms with Crippen LogP contribution >= 0.6 is 0 Å². The molecule has 3 aromatic rings. The highest BCUT2D eigenvalue weighted by atomic mass is 19.4. The highest BCUT2D eigenvalue weighted by Gasteiger charge is 2.30. The number of nitrogens with zero attached hydrogens (tertiary/aromatic N) is 3. The van der Waals surface area contributed by atoms with E-state index >= 15 is 0 Å². The molecule has 0 bridgehead atoms. The van der Waals surface area contributed by atoms with Crippen LogP contribution in [0.5, 0.6) is 0 Å². The monoisotopic (exact) mass is 401 g/mol. The number of aliphatic imine (C=N–C) groups is 1. The molecular weight excluding hydrogens is 383 g/mol. The number of carbonyl (C=O) groups excluding carboxylic acids is 1. The van der Waals surface area contributed by atoms with Crippen molar-refractivity contribution in [2.24, 2.45) is 4.99 Å². The van der Waals surface area contributed by atoms with Crippen LogP contribution in [0, 0.1) is 6.92 Å². The summed E-state index contributed by atoms with van der Waals surface area (Å²) in [6.45, 7) is 1.88. The summed E-state index contributed by atoms with van der Waals surface area (Å²) in [5.74, 6) is -0.106. The first-order chi connectivity index (χ1) is 13.8. The van der Waals surface area contributed by atoms with Crippen LogP contribution in [-0.4, -0.2) is 28.8 Å². The molecule has 29 heavy (non-hydrogen) atoms. The number of carbonyl (C=O) groups is 1.